The van der Waals surface area contributed by atoms with Crippen molar-refractivity contribution in [3.8, 4) is 11.1 Å². The monoisotopic (exact) mass is 570 g/mol. The van der Waals surface area contributed by atoms with Gasteiger partial charge in [0, 0.05) is 50.1 Å². The first-order valence-electron chi connectivity index (χ1n) is 14.6. The number of aliphatic hydroxyl groups excluding tert-OH is 1. The third kappa shape index (κ3) is 8.05. The zero-order valence-electron chi connectivity index (χ0n) is 24.9. The molecule has 8 nitrogen and oxygen atoms in total. The first-order chi connectivity index (χ1) is 20.1. The molecular weight excluding hydrogens is 528 g/mol. The highest BCUT2D eigenvalue weighted by molar-refractivity contribution is 6.00. The second kappa shape index (κ2) is 13.8. The van der Waals surface area contributed by atoms with E-state index in [9.17, 15) is 19.5 Å². The molecule has 2 atom stereocenters. The summed E-state index contributed by atoms with van der Waals surface area (Å²) in [7, 11) is 0. The molecule has 0 bridgehead atoms. The molecule has 1 aliphatic heterocycles. The molecule has 0 radical (unpaired) electrons. The Morgan fingerprint density at radius 2 is 1.67 bits per heavy atom. The lowest BCUT2D eigenvalue weighted by Gasteiger charge is -2.29. The van der Waals surface area contributed by atoms with E-state index < -0.39 is 17.7 Å². The van der Waals surface area contributed by atoms with Gasteiger partial charge in [0.15, 0.2) is 0 Å². The maximum Gasteiger partial charge on any atom is 0.251 e. The first kappa shape index (κ1) is 30.9. The van der Waals surface area contributed by atoms with Crippen LogP contribution in [0.1, 0.15) is 61.2 Å². The number of nitrogens with zero attached hydrogens (tertiary/aromatic N) is 1. The minimum atomic E-state index is -0.683. The molecule has 0 aromatic heterocycles. The van der Waals surface area contributed by atoms with Crippen molar-refractivity contribution in [1.29, 1.82) is 0 Å². The van der Waals surface area contributed by atoms with Crippen molar-refractivity contribution in [3.63, 3.8) is 0 Å². The van der Waals surface area contributed by atoms with E-state index in [0.29, 0.717) is 38.2 Å². The highest BCUT2D eigenvalue weighted by Gasteiger charge is 2.32. The molecule has 4 rings (SSSR count). The van der Waals surface area contributed by atoms with Crippen LogP contribution in [-0.2, 0) is 29.1 Å². The molecule has 3 aromatic rings. The standard InChI is InChI=1S/C34H42N4O4/c1-5-35-32(41)29-13-9-8-12-28(29)25-16-14-24(15-17-25)21-38-22-27-11-7-6-10-26(27)18-30(33(38)42)37-31(40)19-34(3,4)36-20-23(2)39/h6-17,23,30,36,39H,5,18-22H2,1-4H3,(H,35,41)(H,37,40)/t23-,30-/m1/s1. The van der Waals surface area contributed by atoms with Gasteiger partial charge >= 0.3 is 0 Å². The molecule has 0 fully saturated rings. The summed E-state index contributed by atoms with van der Waals surface area (Å²) < 4.78 is 0. The summed E-state index contributed by atoms with van der Waals surface area (Å²) in [5.74, 6) is -0.452. The third-order valence-electron chi connectivity index (χ3n) is 7.47. The van der Waals surface area contributed by atoms with Crippen LogP contribution in [0.4, 0.5) is 0 Å². The normalized spacial score (nSPS) is 15.9. The van der Waals surface area contributed by atoms with E-state index >= 15 is 0 Å². The van der Waals surface area contributed by atoms with Crippen molar-refractivity contribution >= 4 is 17.7 Å². The molecule has 0 unspecified atom stereocenters. The van der Waals surface area contributed by atoms with Crippen LogP contribution in [0.15, 0.2) is 72.8 Å². The number of aliphatic hydroxyl groups is 1. The van der Waals surface area contributed by atoms with E-state index in [1.807, 2.05) is 93.6 Å². The number of fused-ring (bicyclic) bond motifs is 1. The van der Waals surface area contributed by atoms with Gasteiger partial charge in [0.05, 0.1) is 6.10 Å². The maximum absolute atomic E-state index is 13.8. The van der Waals surface area contributed by atoms with E-state index in [2.05, 4.69) is 16.0 Å². The lowest BCUT2D eigenvalue weighted by molar-refractivity contribution is -0.137. The molecule has 3 amide bonds. The number of amides is 3. The maximum atomic E-state index is 13.8. The fourth-order valence-corrected chi connectivity index (χ4v) is 5.30. The summed E-state index contributed by atoms with van der Waals surface area (Å²) in [5.41, 5.74) is 4.92. The Balaban J connectivity index is 1.51. The number of nitrogens with one attached hydrogen (secondary N) is 3. The van der Waals surface area contributed by atoms with Gasteiger partial charge < -0.3 is 26.0 Å². The van der Waals surface area contributed by atoms with Crippen LogP contribution in [0.3, 0.4) is 0 Å². The third-order valence-corrected chi connectivity index (χ3v) is 7.47. The SMILES string of the molecule is CCNC(=O)c1ccccc1-c1ccc(CN2Cc3ccccc3C[C@@H](NC(=O)CC(C)(C)NC[C@@H](C)O)C2=O)cc1. The number of hydrogen-bond donors (Lipinski definition) is 4. The zero-order chi connectivity index (χ0) is 30.3. The second-order valence-corrected chi connectivity index (χ2v) is 11.7. The van der Waals surface area contributed by atoms with E-state index in [-0.39, 0.29) is 24.1 Å². The van der Waals surface area contributed by atoms with E-state index in [1.165, 1.54) is 0 Å². The minimum Gasteiger partial charge on any atom is -0.392 e. The molecular formula is C34H42N4O4. The summed E-state index contributed by atoms with van der Waals surface area (Å²) >= 11 is 0. The van der Waals surface area contributed by atoms with Gasteiger partial charge in [-0.05, 0) is 61.6 Å². The number of hydrogen-bond acceptors (Lipinski definition) is 5. The number of rotatable bonds is 11. The Morgan fingerprint density at radius 3 is 2.36 bits per heavy atom. The van der Waals surface area contributed by atoms with Gasteiger partial charge in [-0.25, -0.2) is 0 Å². The van der Waals surface area contributed by atoms with E-state index in [4.69, 9.17) is 0 Å². The Labute approximate surface area is 248 Å². The van der Waals surface area contributed by atoms with Gasteiger partial charge in [0.1, 0.15) is 6.04 Å². The topological polar surface area (TPSA) is 111 Å². The molecule has 0 spiro atoms. The largest absolute Gasteiger partial charge is 0.392 e. The summed E-state index contributed by atoms with van der Waals surface area (Å²) in [4.78, 5) is 41.3. The molecule has 42 heavy (non-hydrogen) atoms. The fraction of sp³-hybridized carbons (Fsp3) is 0.382. The lowest BCUT2D eigenvalue weighted by Crippen LogP contribution is -2.51. The van der Waals surface area contributed by atoms with Crippen molar-refractivity contribution < 1.29 is 19.5 Å². The van der Waals surface area contributed by atoms with Crippen LogP contribution in [0.5, 0.6) is 0 Å². The molecule has 4 N–H and O–H groups in total. The number of β-amino-alcohol motifs (C(OH)–C–C–N with tert-alkyl or cyclic N) is 1. The molecule has 1 heterocycles. The minimum absolute atomic E-state index is 0.110. The van der Waals surface area contributed by atoms with Crippen molar-refractivity contribution in [3.05, 3.63) is 95.1 Å². The summed E-state index contributed by atoms with van der Waals surface area (Å²) in [6.07, 6.45) is 0.0730. The summed E-state index contributed by atoms with van der Waals surface area (Å²) in [6.45, 7) is 9.17. The molecule has 8 heteroatoms. The Kier molecular flexibility index (Phi) is 10.1. The summed E-state index contributed by atoms with van der Waals surface area (Å²) in [5, 5.41) is 18.7. The Bertz CT molecular complexity index is 1400. The molecule has 0 saturated carbocycles. The Morgan fingerprint density at radius 1 is 1.00 bits per heavy atom. The second-order valence-electron chi connectivity index (χ2n) is 11.7. The first-order valence-corrected chi connectivity index (χ1v) is 14.6. The predicted octanol–water partition coefficient (Wildman–Crippen LogP) is 3.81. The number of carbonyl (C=O) groups excluding carboxylic acids is 3. The van der Waals surface area contributed by atoms with Crippen LogP contribution in [0.25, 0.3) is 11.1 Å². The molecule has 1 aliphatic rings. The highest BCUT2D eigenvalue weighted by Crippen LogP contribution is 2.26. The van der Waals surface area contributed by atoms with Crippen LogP contribution in [0.2, 0.25) is 0 Å². The van der Waals surface area contributed by atoms with E-state index in [1.54, 1.807) is 11.8 Å². The molecule has 222 valence electrons. The lowest BCUT2D eigenvalue weighted by atomic mass is 9.98. The highest BCUT2D eigenvalue weighted by atomic mass is 16.3. The van der Waals surface area contributed by atoms with Gasteiger partial charge in [-0.1, -0.05) is 66.7 Å². The summed E-state index contributed by atoms with van der Waals surface area (Å²) in [6, 6.07) is 22.7. The predicted molar refractivity (Wildman–Crippen MR) is 165 cm³/mol. The van der Waals surface area contributed by atoms with Crippen LogP contribution < -0.4 is 16.0 Å². The van der Waals surface area contributed by atoms with Gasteiger partial charge in [-0.15, -0.1) is 0 Å². The smallest absolute Gasteiger partial charge is 0.251 e. The molecule has 0 aliphatic carbocycles. The van der Waals surface area contributed by atoms with Crippen molar-refractivity contribution in [2.45, 2.75) is 71.3 Å². The van der Waals surface area contributed by atoms with Gasteiger partial charge in [-0.3, -0.25) is 14.4 Å². The van der Waals surface area contributed by atoms with Crippen molar-refractivity contribution in [1.82, 2.24) is 20.9 Å². The van der Waals surface area contributed by atoms with Crippen molar-refractivity contribution in [2.24, 2.45) is 0 Å². The van der Waals surface area contributed by atoms with Gasteiger partial charge in [-0.2, -0.15) is 0 Å². The molecule has 0 saturated heterocycles. The number of carbonyl (C=O) groups is 3. The van der Waals surface area contributed by atoms with Crippen molar-refractivity contribution in [2.75, 3.05) is 13.1 Å². The average Bonchev–Trinajstić information content (AvgIpc) is 3.08. The molecule has 3 aromatic carbocycles. The van der Waals surface area contributed by atoms with Crippen LogP contribution in [-0.4, -0.2) is 58.5 Å². The average molecular weight is 571 g/mol. The quantitative estimate of drug-likeness (QED) is 0.280. The zero-order valence-corrected chi connectivity index (χ0v) is 24.9. The van der Waals surface area contributed by atoms with Gasteiger partial charge in [0.25, 0.3) is 5.91 Å². The Hall–Kier alpha value is -4.01. The van der Waals surface area contributed by atoms with Crippen LogP contribution >= 0.6 is 0 Å². The number of benzene rings is 3. The van der Waals surface area contributed by atoms with E-state index in [0.717, 1.165) is 27.8 Å². The van der Waals surface area contributed by atoms with Gasteiger partial charge in [0.2, 0.25) is 11.8 Å². The van der Waals surface area contributed by atoms with Crippen LogP contribution in [0, 0.1) is 0 Å². The fourth-order valence-electron chi connectivity index (χ4n) is 5.30.